The van der Waals surface area contributed by atoms with Gasteiger partial charge in [-0.15, -0.1) is 0 Å². The number of hydrogen-bond donors (Lipinski definition) is 2. The smallest absolute Gasteiger partial charge is 0.310 e. The molecule has 1 fully saturated rings. The van der Waals surface area contributed by atoms with Gasteiger partial charge in [0.05, 0.1) is 13.7 Å². The molecule has 1 aliphatic rings. The number of hydrogen-bond acceptors (Lipinski definition) is 5. The van der Waals surface area contributed by atoms with Crippen molar-refractivity contribution in [3.05, 3.63) is 53.9 Å². The number of carbonyl (C=O) groups is 1. The molecule has 31 heavy (non-hydrogen) atoms. The van der Waals surface area contributed by atoms with E-state index in [2.05, 4.69) is 17.1 Å². The molecular formula is C24H30N4O3. The van der Waals surface area contributed by atoms with Crippen molar-refractivity contribution in [2.75, 3.05) is 13.7 Å². The third-order valence-electron chi connectivity index (χ3n) is 5.75. The number of rotatable bonds is 6. The van der Waals surface area contributed by atoms with Crippen molar-refractivity contribution in [2.45, 2.75) is 44.9 Å². The summed E-state index contributed by atoms with van der Waals surface area (Å²) in [6.07, 6.45) is 6.61. The van der Waals surface area contributed by atoms with Crippen LogP contribution in [0.1, 0.15) is 56.2 Å². The third kappa shape index (κ3) is 6.13. The summed E-state index contributed by atoms with van der Waals surface area (Å²) in [6.45, 7) is 2.18. The average molecular weight is 423 g/mol. The SMILES string of the molecule is CCOC(=N)/N=C(\N)c1ccc(-c2ccc(C3CCC(CC(=O)OC)CC3)nc2)cc1. The highest BCUT2D eigenvalue weighted by Gasteiger charge is 2.25. The summed E-state index contributed by atoms with van der Waals surface area (Å²) < 4.78 is 9.79. The average Bonchev–Trinajstić information content (AvgIpc) is 2.80. The van der Waals surface area contributed by atoms with Crippen molar-refractivity contribution in [1.82, 2.24) is 4.98 Å². The van der Waals surface area contributed by atoms with Crippen molar-refractivity contribution in [3.8, 4) is 11.1 Å². The molecule has 0 spiro atoms. The first-order valence-electron chi connectivity index (χ1n) is 10.7. The molecule has 164 valence electrons. The molecule has 7 heteroatoms. The van der Waals surface area contributed by atoms with Crippen LogP contribution < -0.4 is 5.73 Å². The quantitative estimate of drug-likeness (QED) is 0.410. The van der Waals surface area contributed by atoms with Crippen LogP contribution in [0.2, 0.25) is 0 Å². The van der Waals surface area contributed by atoms with Crippen molar-refractivity contribution in [2.24, 2.45) is 16.6 Å². The summed E-state index contributed by atoms with van der Waals surface area (Å²) in [5.74, 6) is 1.01. The van der Waals surface area contributed by atoms with Gasteiger partial charge < -0.3 is 15.2 Å². The van der Waals surface area contributed by atoms with Gasteiger partial charge in [-0.25, -0.2) is 5.41 Å². The molecule has 0 atom stereocenters. The van der Waals surface area contributed by atoms with E-state index in [1.54, 1.807) is 6.92 Å². The van der Waals surface area contributed by atoms with Gasteiger partial charge in [0.1, 0.15) is 5.84 Å². The normalized spacial score (nSPS) is 19.0. The van der Waals surface area contributed by atoms with Gasteiger partial charge in [-0.1, -0.05) is 30.3 Å². The van der Waals surface area contributed by atoms with Crippen LogP contribution in [0.4, 0.5) is 0 Å². The van der Waals surface area contributed by atoms with Crippen molar-refractivity contribution < 1.29 is 14.3 Å². The van der Waals surface area contributed by atoms with Gasteiger partial charge in [0, 0.05) is 35.4 Å². The number of amidine groups is 2. The van der Waals surface area contributed by atoms with E-state index in [-0.39, 0.29) is 17.8 Å². The van der Waals surface area contributed by atoms with E-state index in [9.17, 15) is 4.79 Å². The van der Waals surface area contributed by atoms with E-state index in [0.29, 0.717) is 24.9 Å². The number of esters is 1. The lowest BCUT2D eigenvalue weighted by Gasteiger charge is -2.27. The number of methoxy groups -OCH3 is 1. The Morgan fingerprint density at radius 2 is 1.81 bits per heavy atom. The first-order valence-corrected chi connectivity index (χ1v) is 10.7. The van der Waals surface area contributed by atoms with E-state index in [1.165, 1.54) is 7.11 Å². The summed E-state index contributed by atoms with van der Waals surface area (Å²) >= 11 is 0. The highest BCUT2D eigenvalue weighted by Crippen LogP contribution is 2.36. The molecule has 3 rings (SSSR count). The molecular weight excluding hydrogens is 392 g/mol. The Kier molecular flexibility index (Phi) is 7.76. The summed E-state index contributed by atoms with van der Waals surface area (Å²) in [4.78, 5) is 20.1. The number of ether oxygens (including phenoxy) is 2. The Hall–Kier alpha value is -3.22. The number of aliphatic imine (C=N–C) groups is 1. The Labute approximate surface area is 183 Å². The second-order valence-corrected chi connectivity index (χ2v) is 7.78. The Bertz CT molecular complexity index is 915. The molecule has 1 aromatic carbocycles. The monoisotopic (exact) mass is 422 g/mol. The van der Waals surface area contributed by atoms with Crippen molar-refractivity contribution in [3.63, 3.8) is 0 Å². The molecule has 0 unspecified atom stereocenters. The van der Waals surface area contributed by atoms with Crippen LogP contribution in [-0.2, 0) is 14.3 Å². The van der Waals surface area contributed by atoms with Crippen molar-refractivity contribution in [1.29, 1.82) is 5.41 Å². The fourth-order valence-corrected chi connectivity index (χ4v) is 3.98. The fraction of sp³-hybridized carbons (Fsp3) is 0.417. The maximum Gasteiger partial charge on any atom is 0.310 e. The number of nitrogens with two attached hydrogens (primary N) is 1. The van der Waals surface area contributed by atoms with Gasteiger partial charge >= 0.3 is 12.0 Å². The van der Waals surface area contributed by atoms with Crippen LogP contribution in [0.15, 0.2) is 47.6 Å². The number of carbonyl (C=O) groups excluding carboxylic acids is 1. The maximum absolute atomic E-state index is 11.5. The highest BCUT2D eigenvalue weighted by atomic mass is 16.5. The van der Waals surface area contributed by atoms with Crippen LogP contribution in [0.25, 0.3) is 11.1 Å². The van der Waals surface area contributed by atoms with Crippen molar-refractivity contribution >= 4 is 17.8 Å². The Morgan fingerprint density at radius 1 is 1.13 bits per heavy atom. The van der Waals surface area contributed by atoms with Crippen LogP contribution in [0.5, 0.6) is 0 Å². The summed E-state index contributed by atoms with van der Waals surface area (Å²) in [7, 11) is 1.45. The maximum atomic E-state index is 11.5. The fourth-order valence-electron chi connectivity index (χ4n) is 3.98. The van der Waals surface area contributed by atoms with Crippen LogP contribution in [-0.4, -0.2) is 36.5 Å². The first-order chi connectivity index (χ1) is 15.0. The van der Waals surface area contributed by atoms with E-state index in [0.717, 1.165) is 48.1 Å². The molecule has 2 aromatic rings. The van der Waals surface area contributed by atoms with Gasteiger partial charge in [0.2, 0.25) is 0 Å². The molecule has 1 heterocycles. The molecule has 1 aliphatic carbocycles. The minimum absolute atomic E-state index is 0.113. The molecule has 0 amide bonds. The van der Waals surface area contributed by atoms with Crippen LogP contribution in [0, 0.1) is 11.3 Å². The first kappa shape index (κ1) is 22.5. The lowest BCUT2D eigenvalue weighted by atomic mass is 9.79. The number of benzene rings is 1. The molecule has 0 radical (unpaired) electrons. The van der Waals surface area contributed by atoms with E-state index in [1.807, 2.05) is 30.5 Å². The standard InChI is InChI=1S/C24H30N4O3/c1-3-31-24(26)28-23(25)19-10-8-17(9-11-19)20-12-13-21(27-15-20)18-6-4-16(5-7-18)14-22(29)30-2/h8-13,15-16,18H,3-7,14H2,1-2H3,(H3,25,26,28). The lowest BCUT2D eigenvalue weighted by molar-refractivity contribution is -0.142. The number of aromatic nitrogens is 1. The summed E-state index contributed by atoms with van der Waals surface area (Å²) in [6, 6.07) is 11.7. The van der Waals surface area contributed by atoms with Crippen LogP contribution in [0.3, 0.4) is 0 Å². The molecule has 1 aromatic heterocycles. The Morgan fingerprint density at radius 3 is 2.39 bits per heavy atom. The second-order valence-electron chi connectivity index (χ2n) is 7.78. The summed E-state index contributed by atoms with van der Waals surface area (Å²) in [5, 5.41) is 7.58. The zero-order chi connectivity index (χ0) is 22.2. The second kappa shape index (κ2) is 10.7. The molecule has 7 nitrogen and oxygen atoms in total. The predicted molar refractivity (Wildman–Crippen MR) is 121 cm³/mol. The van der Waals surface area contributed by atoms with Gasteiger partial charge in [-0.05, 0) is 50.2 Å². The molecule has 0 aliphatic heterocycles. The van der Waals surface area contributed by atoms with Gasteiger partial charge in [-0.2, -0.15) is 4.99 Å². The lowest BCUT2D eigenvalue weighted by Crippen LogP contribution is -2.17. The third-order valence-corrected chi connectivity index (χ3v) is 5.75. The molecule has 0 saturated heterocycles. The minimum Gasteiger partial charge on any atom is -0.469 e. The van der Waals surface area contributed by atoms with Gasteiger partial charge in [-0.3, -0.25) is 9.78 Å². The van der Waals surface area contributed by atoms with Gasteiger partial charge in [0.15, 0.2) is 0 Å². The van der Waals surface area contributed by atoms with E-state index in [4.69, 9.17) is 25.6 Å². The predicted octanol–water partition coefficient (Wildman–Crippen LogP) is 4.26. The number of nitrogens with one attached hydrogen (secondary N) is 1. The van der Waals surface area contributed by atoms with Crippen LogP contribution >= 0.6 is 0 Å². The molecule has 1 saturated carbocycles. The highest BCUT2D eigenvalue weighted by molar-refractivity contribution is 6.03. The molecule has 3 N–H and O–H groups in total. The minimum atomic E-state index is -0.191. The largest absolute Gasteiger partial charge is 0.469 e. The zero-order valence-corrected chi connectivity index (χ0v) is 18.1. The summed E-state index contributed by atoms with van der Waals surface area (Å²) in [5.41, 5.74) is 9.88. The van der Waals surface area contributed by atoms with E-state index >= 15 is 0 Å². The zero-order valence-electron chi connectivity index (χ0n) is 18.1. The topological polar surface area (TPSA) is 111 Å². The van der Waals surface area contributed by atoms with E-state index < -0.39 is 0 Å². The number of nitrogens with zero attached hydrogens (tertiary/aromatic N) is 2. The Balaban J connectivity index is 1.60. The number of pyridine rings is 1. The molecule has 0 bridgehead atoms. The van der Waals surface area contributed by atoms with Gasteiger partial charge in [0.25, 0.3) is 0 Å².